The van der Waals surface area contributed by atoms with Crippen molar-refractivity contribution < 1.29 is 28.6 Å². The second kappa shape index (κ2) is 13.2. The van der Waals surface area contributed by atoms with E-state index in [1.807, 2.05) is 12.1 Å². The van der Waals surface area contributed by atoms with Crippen molar-refractivity contribution in [3.63, 3.8) is 0 Å². The van der Waals surface area contributed by atoms with E-state index in [0.717, 1.165) is 16.0 Å². The average molecular weight is 638 g/mol. The first kappa shape index (κ1) is 30.0. The van der Waals surface area contributed by atoms with Crippen molar-refractivity contribution in [1.29, 1.82) is 0 Å². The topological polar surface area (TPSA) is 94.2 Å². The molecule has 0 unspecified atom stereocenters. The minimum atomic E-state index is -0.864. The molecule has 0 aromatic heterocycles. The van der Waals surface area contributed by atoms with Crippen LogP contribution in [0.1, 0.15) is 16.7 Å². The molecular formula is C32H23Cl3N2O6. The van der Waals surface area contributed by atoms with Crippen LogP contribution in [0.4, 0.5) is 10.5 Å². The molecule has 4 amide bonds. The second-order valence-corrected chi connectivity index (χ2v) is 10.6. The van der Waals surface area contributed by atoms with Crippen LogP contribution in [-0.4, -0.2) is 25.0 Å². The number of carbonyl (C=O) groups is 3. The highest BCUT2D eigenvalue weighted by Crippen LogP contribution is 2.31. The Bertz CT molecular complexity index is 1720. The van der Waals surface area contributed by atoms with Crippen molar-refractivity contribution in [1.82, 2.24) is 5.32 Å². The number of ether oxygens (including phenoxy) is 3. The molecule has 5 rings (SSSR count). The summed E-state index contributed by atoms with van der Waals surface area (Å²) in [6.45, 7) is 0.471. The van der Waals surface area contributed by atoms with Crippen LogP contribution in [0, 0.1) is 0 Å². The van der Waals surface area contributed by atoms with Crippen molar-refractivity contribution in [2.75, 3.05) is 12.0 Å². The van der Waals surface area contributed by atoms with Gasteiger partial charge >= 0.3 is 6.03 Å². The summed E-state index contributed by atoms with van der Waals surface area (Å²) in [5, 5.41) is 3.84. The summed E-state index contributed by atoms with van der Waals surface area (Å²) in [4.78, 5) is 39.6. The minimum Gasteiger partial charge on any atom is -0.493 e. The van der Waals surface area contributed by atoms with Crippen LogP contribution in [0.2, 0.25) is 15.1 Å². The van der Waals surface area contributed by atoms with E-state index in [9.17, 15) is 14.4 Å². The molecular weight excluding hydrogens is 615 g/mol. The molecule has 1 heterocycles. The summed E-state index contributed by atoms with van der Waals surface area (Å²) in [7, 11) is 1.48. The van der Waals surface area contributed by atoms with Gasteiger partial charge in [0.05, 0.1) is 12.8 Å². The van der Waals surface area contributed by atoms with Gasteiger partial charge in [0.2, 0.25) is 0 Å². The number of rotatable bonds is 9. The summed E-state index contributed by atoms with van der Waals surface area (Å²) in [6, 6.07) is 22.8. The van der Waals surface area contributed by atoms with Gasteiger partial charge in [0.1, 0.15) is 24.5 Å². The number of barbiturate groups is 1. The Kier molecular flexibility index (Phi) is 9.21. The maximum absolute atomic E-state index is 13.4. The van der Waals surface area contributed by atoms with Gasteiger partial charge in [-0.3, -0.25) is 14.9 Å². The number of methoxy groups -OCH3 is 1. The lowest BCUT2D eigenvalue weighted by atomic mass is 10.1. The van der Waals surface area contributed by atoms with Crippen LogP contribution in [0.3, 0.4) is 0 Å². The molecule has 0 bridgehead atoms. The van der Waals surface area contributed by atoms with Crippen LogP contribution in [0.15, 0.2) is 90.5 Å². The average Bonchev–Trinajstić information content (AvgIpc) is 2.99. The number of benzene rings is 4. The lowest BCUT2D eigenvalue weighted by molar-refractivity contribution is -0.122. The maximum Gasteiger partial charge on any atom is 0.335 e. The molecule has 1 N–H and O–H groups in total. The summed E-state index contributed by atoms with van der Waals surface area (Å²) in [6.07, 6.45) is 1.38. The van der Waals surface area contributed by atoms with Gasteiger partial charge in [0, 0.05) is 20.6 Å². The van der Waals surface area contributed by atoms with Crippen LogP contribution in [0.25, 0.3) is 6.08 Å². The van der Waals surface area contributed by atoms with Gasteiger partial charge in [0.15, 0.2) is 11.5 Å². The molecule has 0 spiro atoms. The summed E-state index contributed by atoms with van der Waals surface area (Å²) < 4.78 is 17.1. The molecule has 11 heteroatoms. The predicted molar refractivity (Wildman–Crippen MR) is 165 cm³/mol. The van der Waals surface area contributed by atoms with Crippen molar-refractivity contribution in [2.45, 2.75) is 13.2 Å². The third-order valence-electron chi connectivity index (χ3n) is 6.41. The van der Waals surface area contributed by atoms with Gasteiger partial charge in [-0.05, 0) is 77.9 Å². The molecule has 8 nitrogen and oxygen atoms in total. The lowest BCUT2D eigenvalue weighted by Gasteiger charge is -2.26. The first-order chi connectivity index (χ1) is 20.7. The molecule has 0 atom stereocenters. The zero-order valence-electron chi connectivity index (χ0n) is 22.6. The van der Waals surface area contributed by atoms with E-state index >= 15 is 0 Å². The lowest BCUT2D eigenvalue weighted by Crippen LogP contribution is -2.54. The van der Waals surface area contributed by atoms with Crippen molar-refractivity contribution in [3.8, 4) is 17.2 Å². The number of urea groups is 1. The summed E-state index contributed by atoms with van der Waals surface area (Å²) >= 11 is 18.1. The molecule has 1 fully saturated rings. The molecule has 1 saturated heterocycles. The van der Waals surface area contributed by atoms with E-state index in [2.05, 4.69) is 5.32 Å². The highest BCUT2D eigenvalue weighted by molar-refractivity contribution is 6.39. The van der Waals surface area contributed by atoms with E-state index in [-0.39, 0.29) is 24.5 Å². The third kappa shape index (κ3) is 7.11. The largest absolute Gasteiger partial charge is 0.493 e. The number of imide groups is 2. The van der Waals surface area contributed by atoms with Crippen molar-refractivity contribution in [2.24, 2.45) is 0 Å². The Morgan fingerprint density at radius 2 is 1.49 bits per heavy atom. The Balaban J connectivity index is 1.30. The van der Waals surface area contributed by atoms with Gasteiger partial charge < -0.3 is 14.2 Å². The van der Waals surface area contributed by atoms with Gasteiger partial charge in [-0.2, -0.15) is 0 Å². The molecule has 1 aliphatic rings. The number of nitrogens with zero attached hydrogens (tertiary/aromatic N) is 1. The minimum absolute atomic E-state index is 0.189. The Hall–Kier alpha value is -4.50. The highest BCUT2D eigenvalue weighted by atomic mass is 35.5. The molecule has 4 aromatic rings. The molecule has 1 aliphatic heterocycles. The molecule has 0 aliphatic carbocycles. The monoisotopic (exact) mass is 636 g/mol. The van der Waals surface area contributed by atoms with Crippen LogP contribution >= 0.6 is 34.8 Å². The van der Waals surface area contributed by atoms with Gasteiger partial charge in [-0.25, -0.2) is 9.69 Å². The normalized spacial score (nSPS) is 14.1. The Morgan fingerprint density at radius 1 is 0.767 bits per heavy atom. The number of amides is 4. The zero-order valence-corrected chi connectivity index (χ0v) is 24.9. The Labute approximate surface area is 262 Å². The van der Waals surface area contributed by atoms with E-state index < -0.39 is 17.8 Å². The Morgan fingerprint density at radius 3 is 2.19 bits per heavy atom. The number of hydrogen-bond donors (Lipinski definition) is 1. The standard InChI is InChI=1S/C32H23Cl3N2O6/c1-41-29-15-20(4-13-28(29)43-17-19-2-6-22(33)7-3-19)14-26-30(38)36-32(40)37(31(26)39)24-9-11-25(12-10-24)42-18-21-5-8-23(34)16-27(21)35/h2-16H,17-18H2,1H3,(H,36,38,40)/b26-14+. The van der Waals surface area contributed by atoms with E-state index in [4.69, 9.17) is 49.0 Å². The van der Waals surface area contributed by atoms with Gasteiger partial charge in [0.25, 0.3) is 11.8 Å². The fourth-order valence-electron chi connectivity index (χ4n) is 4.18. The summed E-state index contributed by atoms with van der Waals surface area (Å²) in [5.74, 6) is -0.241. The molecule has 43 heavy (non-hydrogen) atoms. The molecule has 218 valence electrons. The quantitative estimate of drug-likeness (QED) is 0.151. The first-order valence-corrected chi connectivity index (χ1v) is 14.0. The van der Waals surface area contributed by atoms with Crippen LogP contribution in [-0.2, 0) is 22.8 Å². The van der Waals surface area contributed by atoms with Crippen LogP contribution < -0.4 is 24.4 Å². The molecule has 0 radical (unpaired) electrons. The third-order valence-corrected chi connectivity index (χ3v) is 7.25. The van der Waals surface area contributed by atoms with Crippen molar-refractivity contribution in [3.05, 3.63) is 122 Å². The fourth-order valence-corrected chi connectivity index (χ4v) is 4.77. The number of hydrogen-bond acceptors (Lipinski definition) is 6. The van der Waals surface area contributed by atoms with E-state index in [1.165, 1.54) is 13.2 Å². The smallest absolute Gasteiger partial charge is 0.335 e. The highest BCUT2D eigenvalue weighted by Gasteiger charge is 2.36. The molecule has 4 aromatic carbocycles. The van der Waals surface area contributed by atoms with E-state index in [1.54, 1.807) is 72.8 Å². The number of carbonyl (C=O) groups excluding carboxylic acids is 3. The SMILES string of the molecule is COc1cc(/C=C2\C(=O)NC(=O)N(c3ccc(OCc4ccc(Cl)cc4Cl)cc3)C2=O)ccc1OCc1ccc(Cl)cc1. The number of nitrogens with one attached hydrogen (secondary N) is 1. The van der Waals surface area contributed by atoms with E-state index in [0.29, 0.717) is 37.9 Å². The fraction of sp³-hybridized carbons (Fsp3) is 0.0938. The van der Waals surface area contributed by atoms with Gasteiger partial charge in [-0.1, -0.05) is 59.1 Å². The van der Waals surface area contributed by atoms with Crippen LogP contribution in [0.5, 0.6) is 17.2 Å². The first-order valence-electron chi connectivity index (χ1n) is 12.9. The molecule has 0 saturated carbocycles. The number of halogens is 3. The van der Waals surface area contributed by atoms with Crippen molar-refractivity contribution >= 4 is 64.4 Å². The maximum atomic E-state index is 13.4. The second-order valence-electron chi connectivity index (χ2n) is 9.30. The number of anilines is 1. The predicted octanol–water partition coefficient (Wildman–Crippen LogP) is 7.48. The van der Waals surface area contributed by atoms with Gasteiger partial charge in [-0.15, -0.1) is 0 Å². The summed E-state index contributed by atoms with van der Waals surface area (Å²) in [5.41, 5.74) is 2.17. The zero-order chi connectivity index (χ0) is 30.5.